The van der Waals surface area contributed by atoms with Crippen molar-refractivity contribution in [3.8, 4) is 0 Å². The van der Waals surface area contributed by atoms with Gasteiger partial charge in [0.05, 0.1) is 6.54 Å². The van der Waals surface area contributed by atoms with Gasteiger partial charge in [0.1, 0.15) is 12.4 Å². The number of alkyl halides is 3. The molecule has 0 fully saturated rings. The SMILES string of the molecule is CC(C)c1nc(C(=O)N(C)CC(=O)NCC(F)(F)F)n[nH]1. The summed E-state index contributed by atoms with van der Waals surface area (Å²) in [5.74, 6) is -1.15. The number of hydrogen-bond acceptors (Lipinski definition) is 4. The number of rotatable bonds is 5. The van der Waals surface area contributed by atoms with Crippen LogP contribution in [-0.4, -0.2) is 58.2 Å². The Morgan fingerprint density at radius 1 is 1.38 bits per heavy atom. The fraction of sp³-hybridized carbons (Fsp3) is 0.636. The summed E-state index contributed by atoms with van der Waals surface area (Å²) in [6, 6.07) is 0. The van der Waals surface area contributed by atoms with Gasteiger partial charge in [-0.2, -0.15) is 13.2 Å². The molecule has 0 atom stereocenters. The lowest BCUT2D eigenvalue weighted by atomic mass is 10.2. The zero-order valence-corrected chi connectivity index (χ0v) is 11.8. The predicted octanol–water partition coefficient (Wildman–Crippen LogP) is 0.679. The Morgan fingerprint density at radius 2 is 2.00 bits per heavy atom. The van der Waals surface area contributed by atoms with E-state index in [9.17, 15) is 22.8 Å². The van der Waals surface area contributed by atoms with E-state index in [0.717, 1.165) is 4.90 Å². The fourth-order valence-electron chi connectivity index (χ4n) is 1.34. The molecule has 0 aliphatic rings. The molecule has 0 aliphatic carbocycles. The average Bonchev–Trinajstić information content (AvgIpc) is 2.84. The normalized spacial score (nSPS) is 11.6. The lowest BCUT2D eigenvalue weighted by Gasteiger charge is -2.15. The van der Waals surface area contributed by atoms with Gasteiger partial charge in [-0.25, -0.2) is 4.98 Å². The summed E-state index contributed by atoms with van der Waals surface area (Å²) in [5.41, 5.74) is 0. The van der Waals surface area contributed by atoms with Gasteiger partial charge in [0.25, 0.3) is 5.91 Å². The molecule has 1 rings (SSSR count). The molecule has 21 heavy (non-hydrogen) atoms. The first-order chi connectivity index (χ1) is 9.60. The number of amides is 2. The summed E-state index contributed by atoms with van der Waals surface area (Å²) in [4.78, 5) is 28.1. The molecule has 0 radical (unpaired) electrons. The van der Waals surface area contributed by atoms with E-state index in [1.807, 2.05) is 13.8 Å². The second-order valence-corrected chi connectivity index (χ2v) is 4.75. The van der Waals surface area contributed by atoms with Crippen LogP contribution < -0.4 is 5.32 Å². The number of H-pyrrole nitrogens is 1. The number of aromatic amines is 1. The molecule has 0 saturated heterocycles. The number of nitrogens with zero attached hydrogens (tertiary/aromatic N) is 3. The third kappa shape index (κ3) is 5.40. The van der Waals surface area contributed by atoms with Gasteiger partial charge in [0, 0.05) is 13.0 Å². The quantitative estimate of drug-likeness (QED) is 0.837. The summed E-state index contributed by atoms with van der Waals surface area (Å²) >= 11 is 0. The van der Waals surface area contributed by atoms with Crippen molar-refractivity contribution in [1.29, 1.82) is 0 Å². The topological polar surface area (TPSA) is 91.0 Å². The lowest BCUT2D eigenvalue weighted by Crippen LogP contribution is -2.42. The van der Waals surface area contributed by atoms with Crippen LogP contribution in [0.1, 0.15) is 36.2 Å². The highest BCUT2D eigenvalue weighted by atomic mass is 19.4. The highest BCUT2D eigenvalue weighted by molar-refractivity contribution is 5.93. The summed E-state index contributed by atoms with van der Waals surface area (Å²) in [7, 11) is 1.28. The van der Waals surface area contributed by atoms with E-state index in [4.69, 9.17) is 0 Å². The smallest absolute Gasteiger partial charge is 0.345 e. The van der Waals surface area contributed by atoms with Crippen LogP contribution in [0.2, 0.25) is 0 Å². The van der Waals surface area contributed by atoms with Gasteiger partial charge in [-0.05, 0) is 0 Å². The lowest BCUT2D eigenvalue weighted by molar-refractivity contribution is -0.138. The molecule has 1 heterocycles. The standard InChI is InChI=1S/C11H16F3N5O2/c1-6(2)8-16-9(18-17-8)10(21)19(3)4-7(20)15-5-11(12,13)14/h6H,4-5H2,1-3H3,(H,15,20)(H,16,17,18). The maximum absolute atomic E-state index is 11.9. The van der Waals surface area contributed by atoms with Gasteiger partial charge >= 0.3 is 6.18 Å². The first kappa shape index (κ1) is 16.9. The van der Waals surface area contributed by atoms with Gasteiger partial charge in [-0.1, -0.05) is 13.8 Å². The number of carbonyl (C=O) groups excluding carboxylic acids is 2. The van der Waals surface area contributed by atoms with Crippen molar-refractivity contribution in [2.24, 2.45) is 0 Å². The molecule has 0 aliphatic heterocycles. The molecule has 7 nitrogen and oxygen atoms in total. The molecule has 0 bridgehead atoms. The largest absolute Gasteiger partial charge is 0.405 e. The number of nitrogens with one attached hydrogen (secondary N) is 2. The molecule has 10 heteroatoms. The number of likely N-dealkylation sites (N-methyl/N-ethyl adjacent to an activating group) is 1. The van der Waals surface area contributed by atoms with Crippen molar-refractivity contribution < 1.29 is 22.8 Å². The van der Waals surface area contributed by atoms with Crippen molar-refractivity contribution in [3.63, 3.8) is 0 Å². The molecule has 0 aromatic carbocycles. The van der Waals surface area contributed by atoms with Crippen molar-refractivity contribution in [2.75, 3.05) is 20.1 Å². The zero-order chi connectivity index (χ0) is 16.2. The van der Waals surface area contributed by atoms with E-state index >= 15 is 0 Å². The third-order valence-corrected chi connectivity index (χ3v) is 2.45. The van der Waals surface area contributed by atoms with E-state index in [-0.39, 0.29) is 11.7 Å². The van der Waals surface area contributed by atoms with Gasteiger partial charge in [-0.3, -0.25) is 14.7 Å². The van der Waals surface area contributed by atoms with Crippen LogP contribution in [0.4, 0.5) is 13.2 Å². The maximum Gasteiger partial charge on any atom is 0.405 e. The van der Waals surface area contributed by atoms with Gasteiger partial charge in [0.2, 0.25) is 11.7 Å². The summed E-state index contributed by atoms with van der Waals surface area (Å²) in [5, 5.41) is 7.97. The van der Waals surface area contributed by atoms with E-state index in [0.29, 0.717) is 5.82 Å². The molecule has 0 unspecified atom stereocenters. The average molecular weight is 307 g/mol. The molecule has 2 amide bonds. The van der Waals surface area contributed by atoms with Crippen LogP contribution in [0.15, 0.2) is 0 Å². The highest BCUT2D eigenvalue weighted by Gasteiger charge is 2.28. The molecule has 0 saturated carbocycles. The molecule has 1 aromatic heterocycles. The number of hydrogen-bond donors (Lipinski definition) is 2. The summed E-state index contributed by atoms with van der Waals surface area (Å²) in [6.45, 7) is 1.75. The second-order valence-electron chi connectivity index (χ2n) is 4.75. The monoisotopic (exact) mass is 307 g/mol. The van der Waals surface area contributed by atoms with E-state index < -0.39 is 31.1 Å². The van der Waals surface area contributed by atoms with E-state index in [2.05, 4.69) is 15.2 Å². The summed E-state index contributed by atoms with van der Waals surface area (Å²) in [6.07, 6.45) is -4.49. The minimum absolute atomic E-state index is 0.0411. The molecule has 2 N–H and O–H groups in total. The van der Waals surface area contributed by atoms with Crippen molar-refractivity contribution in [1.82, 2.24) is 25.4 Å². The third-order valence-electron chi connectivity index (χ3n) is 2.45. The van der Waals surface area contributed by atoms with Crippen molar-refractivity contribution in [2.45, 2.75) is 25.9 Å². The maximum atomic E-state index is 11.9. The highest BCUT2D eigenvalue weighted by Crippen LogP contribution is 2.12. The number of halogens is 3. The Hall–Kier alpha value is -2.13. The first-order valence-corrected chi connectivity index (χ1v) is 6.11. The van der Waals surface area contributed by atoms with Crippen LogP contribution >= 0.6 is 0 Å². The molecular formula is C11H16F3N5O2. The molecular weight excluding hydrogens is 291 g/mol. The van der Waals surface area contributed by atoms with Gasteiger partial charge in [0.15, 0.2) is 0 Å². The molecule has 0 spiro atoms. The first-order valence-electron chi connectivity index (χ1n) is 6.11. The zero-order valence-electron chi connectivity index (χ0n) is 11.8. The Morgan fingerprint density at radius 3 is 2.48 bits per heavy atom. The van der Waals surface area contributed by atoms with Crippen LogP contribution in [0.25, 0.3) is 0 Å². The second kappa shape index (κ2) is 6.55. The number of carbonyl (C=O) groups is 2. The molecule has 118 valence electrons. The fourth-order valence-corrected chi connectivity index (χ4v) is 1.34. The Bertz CT molecular complexity index is 512. The van der Waals surface area contributed by atoms with Gasteiger partial charge < -0.3 is 10.2 Å². The van der Waals surface area contributed by atoms with Crippen molar-refractivity contribution in [3.05, 3.63) is 11.6 Å². The van der Waals surface area contributed by atoms with E-state index in [1.54, 1.807) is 5.32 Å². The Labute approximate surface area is 118 Å². The minimum atomic E-state index is -4.49. The Balaban J connectivity index is 2.56. The van der Waals surface area contributed by atoms with Crippen LogP contribution in [-0.2, 0) is 4.79 Å². The Kier molecular flexibility index (Phi) is 5.28. The van der Waals surface area contributed by atoms with Crippen LogP contribution in [0.3, 0.4) is 0 Å². The summed E-state index contributed by atoms with van der Waals surface area (Å²) < 4.78 is 35.8. The van der Waals surface area contributed by atoms with Gasteiger partial charge in [-0.15, -0.1) is 5.10 Å². The minimum Gasteiger partial charge on any atom is -0.345 e. The molecule has 1 aromatic rings. The van der Waals surface area contributed by atoms with Crippen LogP contribution in [0.5, 0.6) is 0 Å². The van der Waals surface area contributed by atoms with E-state index in [1.165, 1.54) is 7.05 Å². The van der Waals surface area contributed by atoms with Crippen LogP contribution in [0, 0.1) is 0 Å². The van der Waals surface area contributed by atoms with Crippen molar-refractivity contribution >= 4 is 11.8 Å². The number of aromatic nitrogens is 3. The predicted molar refractivity (Wildman–Crippen MR) is 66.5 cm³/mol.